The van der Waals surface area contributed by atoms with Crippen molar-refractivity contribution in [3.05, 3.63) is 59.2 Å². The molecule has 0 unspecified atom stereocenters. The number of amides is 2. The fourth-order valence-electron chi connectivity index (χ4n) is 3.23. The Balaban J connectivity index is 1.79. The topological polar surface area (TPSA) is 58.2 Å². The molecule has 0 heterocycles. The molecule has 0 aromatic heterocycles. The van der Waals surface area contributed by atoms with Crippen molar-refractivity contribution in [2.24, 2.45) is 5.41 Å². The molecule has 1 saturated carbocycles. The third-order valence-electron chi connectivity index (χ3n) is 5.06. The van der Waals surface area contributed by atoms with E-state index in [2.05, 4.69) is 24.5 Å². The normalized spacial score (nSPS) is 14.8. The van der Waals surface area contributed by atoms with Crippen LogP contribution in [0, 0.1) is 19.3 Å². The van der Waals surface area contributed by atoms with E-state index in [0.717, 1.165) is 28.1 Å². The Hall–Kier alpha value is -2.62. The van der Waals surface area contributed by atoms with E-state index < -0.39 is 5.41 Å². The fourth-order valence-corrected chi connectivity index (χ4v) is 3.23. The summed E-state index contributed by atoms with van der Waals surface area (Å²) < 4.78 is 0. The molecule has 136 valence electrons. The molecular weight excluding hydrogens is 324 g/mol. The molecule has 0 saturated heterocycles. The monoisotopic (exact) mass is 350 g/mol. The number of anilines is 2. The first-order chi connectivity index (χ1) is 12.3. The lowest BCUT2D eigenvalue weighted by molar-refractivity contribution is -0.131. The summed E-state index contributed by atoms with van der Waals surface area (Å²) in [4.78, 5) is 25.7. The van der Waals surface area contributed by atoms with Crippen LogP contribution in [0.2, 0.25) is 0 Å². The van der Waals surface area contributed by atoms with E-state index in [1.807, 2.05) is 56.3 Å². The highest BCUT2D eigenvalue weighted by atomic mass is 16.2. The first kappa shape index (κ1) is 18.2. The lowest BCUT2D eigenvalue weighted by Crippen LogP contribution is -2.36. The second-order valence-corrected chi connectivity index (χ2v) is 7.55. The lowest BCUT2D eigenvalue weighted by Gasteiger charge is -2.20. The van der Waals surface area contributed by atoms with Crippen LogP contribution in [0.4, 0.5) is 11.4 Å². The number of hydrogen-bond acceptors (Lipinski definition) is 2. The maximum absolute atomic E-state index is 13.0. The third kappa shape index (κ3) is 3.50. The number of carbonyl (C=O) groups is 2. The van der Waals surface area contributed by atoms with Crippen LogP contribution in [0.5, 0.6) is 0 Å². The molecule has 2 aromatic carbocycles. The van der Waals surface area contributed by atoms with Gasteiger partial charge >= 0.3 is 0 Å². The molecule has 0 spiro atoms. The van der Waals surface area contributed by atoms with Gasteiger partial charge in [-0.2, -0.15) is 0 Å². The molecule has 0 aliphatic heterocycles. The zero-order valence-corrected chi connectivity index (χ0v) is 15.8. The minimum Gasteiger partial charge on any atom is -0.325 e. The predicted molar refractivity (Wildman–Crippen MR) is 105 cm³/mol. The minimum atomic E-state index is -0.958. The molecule has 2 N–H and O–H groups in total. The number of para-hydroxylation sites is 1. The van der Waals surface area contributed by atoms with Gasteiger partial charge in [0, 0.05) is 11.4 Å². The van der Waals surface area contributed by atoms with Crippen LogP contribution < -0.4 is 10.6 Å². The molecule has 0 atom stereocenters. The maximum Gasteiger partial charge on any atom is 0.240 e. The Kier molecular flexibility index (Phi) is 4.86. The summed E-state index contributed by atoms with van der Waals surface area (Å²) in [7, 11) is 0. The van der Waals surface area contributed by atoms with Crippen molar-refractivity contribution in [1.29, 1.82) is 0 Å². The van der Waals surface area contributed by atoms with Gasteiger partial charge in [-0.05, 0) is 61.4 Å². The van der Waals surface area contributed by atoms with Gasteiger partial charge in [-0.15, -0.1) is 0 Å². The van der Waals surface area contributed by atoms with Crippen LogP contribution in [-0.4, -0.2) is 11.8 Å². The van der Waals surface area contributed by atoms with Crippen molar-refractivity contribution < 1.29 is 9.59 Å². The standard InChI is InChI=1S/C22H26N2O2/c1-14(2)18-10-6-8-16(4)19(18)24-21(26)22(11-12-22)20(25)23-17-9-5-7-15(3)13-17/h5-10,13-14H,11-12H2,1-4H3,(H,23,25)(H,24,26). The number of rotatable bonds is 5. The first-order valence-electron chi connectivity index (χ1n) is 9.12. The number of aryl methyl sites for hydroxylation is 2. The summed E-state index contributed by atoms with van der Waals surface area (Å²) >= 11 is 0. The van der Waals surface area contributed by atoms with E-state index in [4.69, 9.17) is 0 Å². The molecule has 0 bridgehead atoms. The third-order valence-corrected chi connectivity index (χ3v) is 5.06. The molecule has 4 heteroatoms. The van der Waals surface area contributed by atoms with Gasteiger partial charge in [0.05, 0.1) is 0 Å². The second kappa shape index (κ2) is 6.94. The Morgan fingerprint density at radius 3 is 2.23 bits per heavy atom. The zero-order valence-electron chi connectivity index (χ0n) is 15.8. The van der Waals surface area contributed by atoms with E-state index in [0.29, 0.717) is 18.8 Å². The van der Waals surface area contributed by atoms with Crippen LogP contribution >= 0.6 is 0 Å². The van der Waals surface area contributed by atoms with Gasteiger partial charge in [0.2, 0.25) is 11.8 Å². The van der Waals surface area contributed by atoms with E-state index in [1.54, 1.807) is 0 Å². The van der Waals surface area contributed by atoms with Crippen molar-refractivity contribution in [3.8, 4) is 0 Å². The Bertz CT molecular complexity index is 851. The molecule has 0 radical (unpaired) electrons. The van der Waals surface area contributed by atoms with Crippen LogP contribution in [0.1, 0.15) is 49.3 Å². The van der Waals surface area contributed by atoms with Crippen molar-refractivity contribution in [1.82, 2.24) is 0 Å². The molecule has 1 fully saturated rings. The smallest absolute Gasteiger partial charge is 0.240 e. The Labute approximate surface area is 155 Å². The van der Waals surface area contributed by atoms with Crippen LogP contribution in [0.25, 0.3) is 0 Å². The average Bonchev–Trinajstić information content (AvgIpc) is 3.38. The quantitative estimate of drug-likeness (QED) is 0.762. The zero-order chi connectivity index (χ0) is 18.9. The fraction of sp³-hybridized carbons (Fsp3) is 0.364. The van der Waals surface area contributed by atoms with Crippen LogP contribution in [0.3, 0.4) is 0 Å². The molecule has 1 aliphatic carbocycles. The molecular formula is C22H26N2O2. The highest BCUT2D eigenvalue weighted by Gasteiger charge is 2.56. The highest BCUT2D eigenvalue weighted by Crippen LogP contribution is 2.48. The maximum atomic E-state index is 13.0. The number of benzene rings is 2. The first-order valence-corrected chi connectivity index (χ1v) is 9.12. The van der Waals surface area contributed by atoms with E-state index in [-0.39, 0.29) is 11.8 Å². The Morgan fingerprint density at radius 2 is 1.62 bits per heavy atom. The molecule has 26 heavy (non-hydrogen) atoms. The molecule has 4 nitrogen and oxygen atoms in total. The van der Waals surface area contributed by atoms with Gasteiger partial charge in [-0.3, -0.25) is 9.59 Å². The van der Waals surface area contributed by atoms with Gasteiger partial charge in [0.15, 0.2) is 0 Å². The molecule has 2 amide bonds. The summed E-state index contributed by atoms with van der Waals surface area (Å²) in [5.74, 6) is -0.138. The summed E-state index contributed by atoms with van der Waals surface area (Å²) in [6.45, 7) is 8.15. The van der Waals surface area contributed by atoms with Crippen molar-refractivity contribution in [3.63, 3.8) is 0 Å². The van der Waals surface area contributed by atoms with Gasteiger partial charge in [-0.25, -0.2) is 0 Å². The number of nitrogens with one attached hydrogen (secondary N) is 2. The minimum absolute atomic E-state index is 0.209. The van der Waals surface area contributed by atoms with Crippen molar-refractivity contribution in [2.75, 3.05) is 10.6 Å². The number of hydrogen-bond donors (Lipinski definition) is 2. The van der Waals surface area contributed by atoms with E-state index >= 15 is 0 Å². The van der Waals surface area contributed by atoms with Crippen LogP contribution in [0.15, 0.2) is 42.5 Å². The molecule has 2 aromatic rings. The summed E-state index contributed by atoms with van der Waals surface area (Å²) in [6.07, 6.45) is 1.17. The lowest BCUT2D eigenvalue weighted by atomic mass is 9.97. The van der Waals surface area contributed by atoms with Gasteiger partial charge in [0.1, 0.15) is 5.41 Å². The highest BCUT2D eigenvalue weighted by molar-refractivity contribution is 6.17. The molecule has 3 rings (SSSR count). The summed E-state index contributed by atoms with van der Waals surface area (Å²) in [5.41, 5.74) is 3.78. The van der Waals surface area contributed by atoms with Crippen molar-refractivity contribution in [2.45, 2.75) is 46.5 Å². The number of carbonyl (C=O) groups excluding carboxylic acids is 2. The second-order valence-electron chi connectivity index (χ2n) is 7.55. The molecule has 1 aliphatic rings. The van der Waals surface area contributed by atoms with E-state index in [9.17, 15) is 9.59 Å². The summed E-state index contributed by atoms with van der Waals surface area (Å²) in [6, 6.07) is 13.6. The summed E-state index contributed by atoms with van der Waals surface area (Å²) in [5, 5.41) is 5.95. The van der Waals surface area contributed by atoms with Gasteiger partial charge in [0.25, 0.3) is 0 Å². The van der Waals surface area contributed by atoms with Crippen LogP contribution in [-0.2, 0) is 9.59 Å². The largest absolute Gasteiger partial charge is 0.325 e. The van der Waals surface area contributed by atoms with Crippen molar-refractivity contribution >= 4 is 23.2 Å². The van der Waals surface area contributed by atoms with E-state index in [1.165, 1.54) is 0 Å². The SMILES string of the molecule is Cc1cccc(NC(=O)C2(C(=O)Nc3c(C)cccc3C(C)C)CC2)c1. The predicted octanol–water partition coefficient (Wildman–Crippen LogP) is 4.78. The Morgan fingerprint density at radius 1 is 0.962 bits per heavy atom. The van der Waals surface area contributed by atoms with Gasteiger partial charge in [-0.1, -0.05) is 44.2 Å². The van der Waals surface area contributed by atoms with Gasteiger partial charge < -0.3 is 10.6 Å². The average molecular weight is 350 g/mol.